The highest BCUT2D eigenvalue weighted by molar-refractivity contribution is 7.92. The minimum Gasteiger partial charge on any atom is -0.423 e. The molecule has 2 heterocycles. The van der Waals surface area contributed by atoms with Crippen LogP contribution in [-0.2, 0) is 10.0 Å². The van der Waals surface area contributed by atoms with Gasteiger partial charge in [-0.25, -0.2) is 13.2 Å². The molecule has 4 rings (SSSR count). The Morgan fingerprint density at radius 2 is 1.96 bits per heavy atom. The van der Waals surface area contributed by atoms with E-state index in [0.29, 0.717) is 22.0 Å². The van der Waals surface area contributed by atoms with Crippen molar-refractivity contribution in [2.45, 2.75) is 4.90 Å². The van der Waals surface area contributed by atoms with Crippen molar-refractivity contribution in [3.8, 4) is 0 Å². The summed E-state index contributed by atoms with van der Waals surface area (Å²) in [6, 6.07) is 12.3. The summed E-state index contributed by atoms with van der Waals surface area (Å²) in [6.45, 7) is 0. The predicted octanol–water partition coefficient (Wildman–Crippen LogP) is 2.47. The topological polar surface area (TPSA) is 105 Å². The Labute approximate surface area is 136 Å². The van der Waals surface area contributed by atoms with Crippen LogP contribution < -0.4 is 10.3 Å². The SMILES string of the molecule is O=c1ccc2cc(S(=O)(=O)Nc3cccc4[nH]ncc34)ccc2o1. The number of hydrogen-bond acceptors (Lipinski definition) is 5. The number of sulfonamides is 1. The van der Waals surface area contributed by atoms with Gasteiger partial charge in [-0.1, -0.05) is 6.07 Å². The van der Waals surface area contributed by atoms with Crippen LogP contribution in [0.1, 0.15) is 0 Å². The fourth-order valence-electron chi connectivity index (χ4n) is 2.48. The average molecular weight is 341 g/mol. The molecule has 0 aliphatic rings. The molecule has 0 aliphatic heterocycles. The van der Waals surface area contributed by atoms with Crippen molar-refractivity contribution in [3.63, 3.8) is 0 Å². The molecule has 8 heteroatoms. The maximum atomic E-state index is 12.6. The van der Waals surface area contributed by atoms with Crippen LogP contribution >= 0.6 is 0 Å². The molecule has 0 saturated heterocycles. The predicted molar refractivity (Wildman–Crippen MR) is 89.4 cm³/mol. The van der Waals surface area contributed by atoms with E-state index in [1.54, 1.807) is 24.4 Å². The van der Waals surface area contributed by atoms with Gasteiger partial charge in [0.25, 0.3) is 10.0 Å². The zero-order chi connectivity index (χ0) is 16.7. The highest BCUT2D eigenvalue weighted by atomic mass is 32.2. The quantitative estimate of drug-likeness (QED) is 0.557. The van der Waals surface area contributed by atoms with E-state index in [-0.39, 0.29) is 4.90 Å². The Balaban J connectivity index is 1.78. The first kappa shape index (κ1) is 14.5. The van der Waals surface area contributed by atoms with Gasteiger partial charge < -0.3 is 4.42 Å². The third-order valence-electron chi connectivity index (χ3n) is 3.63. The second kappa shape index (κ2) is 5.20. The summed E-state index contributed by atoms with van der Waals surface area (Å²) in [6.07, 6.45) is 1.56. The number of rotatable bonds is 3. The maximum absolute atomic E-state index is 12.6. The van der Waals surface area contributed by atoms with E-state index in [2.05, 4.69) is 14.9 Å². The number of nitrogens with one attached hydrogen (secondary N) is 2. The third-order valence-corrected chi connectivity index (χ3v) is 4.99. The molecule has 2 N–H and O–H groups in total. The molecule has 0 fully saturated rings. The van der Waals surface area contributed by atoms with Crippen molar-refractivity contribution in [2.75, 3.05) is 4.72 Å². The molecule has 24 heavy (non-hydrogen) atoms. The van der Waals surface area contributed by atoms with Crippen molar-refractivity contribution in [1.29, 1.82) is 0 Å². The second-order valence-electron chi connectivity index (χ2n) is 5.20. The summed E-state index contributed by atoms with van der Waals surface area (Å²) in [5.74, 6) is 0. The number of aromatic amines is 1. The molecule has 0 saturated carbocycles. The van der Waals surface area contributed by atoms with Gasteiger partial charge in [-0.2, -0.15) is 5.10 Å². The lowest BCUT2D eigenvalue weighted by Gasteiger charge is -2.09. The smallest absolute Gasteiger partial charge is 0.336 e. The highest BCUT2D eigenvalue weighted by Crippen LogP contribution is 2.25. The third kappa shape index (κ3) is 2.42. The number of anilines is 1. The highest BCUT2D eigenvalue weighted by Gasteiger charge is 2.17. The minimum atomic E-state index is -3.80. The van der Waals surface area contributed by atoms with Gasteiger partial charge in [0.1, 0.15) is 5.58 Å². The van der Waals surface area contributed by atoms with Crippen molar-refractivity contribution in [3.05, 3.63) is 65.1 Å². The van der Waals surface area contributed by atoms with E-state index in [4.69, 9.17) is 4.42 Å². The van der Waals surface area contributed by atoms with E-state index in [0.717, 1.165) is 5.52 Å². The van der Waals surface area contributed by atoms with Gasteiger partial charge in [0.05, 0.1) is 22.3 Å². The van der Waals surface area contributed by atoms with Crippen molar-refractivity contribution < 1.29 is 12.8 Å². The Morgan fingerprint density at radius 1 is 1.08 bits per heavy atom. The van der Waals surface area contributed by atoms with E-state index in [1.165, 1.54) is 30.3 Å². The molecule has 0 aliphatic carbocycles. The van der Waals surface area contributed by atoms with Crippen molar-refractivity contribution in [2.24, 2.45) is 0 Å². The van der Waals surface area contributed by atoms with Gasteiger partial charge in [0.15, 0.2) is 0 Å². The van der Waals surface area contributed by atoms with E-state index >= 15 is 0 Å². The van der Waals surface area contributed by atoms with Crippen molar-refractivity contribution >= 4 is 37.6 Å². The minimum absolute atomic E-state index is 0.0735. The first-order valence-corrected chi connectivity index (χ1v) is 8.50. The summed E-state index contributed by atoms with van der Waals surface area (Å²) in [5, 5.41) is 7.90. The van der Waals surface area contributed by atoms with Crippen molar-refractivity contribution in [1.82, 2.24) is 10.2 Å². The molecule has 2 aromatic heterocycles. The molecule has 120 valence electrons. The number of benzene rings is 2. The van der Waals surface area contributed by atoms with Crippen LogP contribution in [-0.4, -0.2) is 18.6 Å². The molecular weight excluding hydrogens is 330 g/mol. The number of H-pyrrole nitrogens is 1. The lowest BCUT2D eigenvalue weighted by molar-refractivity contribution is 0.560. The van der Waals surface area contributed by atoms with Crippen LogP contribution in [0.4, 0.5) is 5.69 Å². The van der Waals surface area contributed by atoms with Gasteiger partial charge >= 0.3 is 5.63 Å². The molecule has 0 spiro atoms. The lowest BCUT2D eigenvalue weighted by atomic mass is 10.2. The van der Waals surface area contributed by atoms with Gasteiger partial charge in [-0.15, -0.1) is 0 Å². The molecule has 4 aromatic rings. The molecule has 0 atom stereocenters. The summed E-state index contributed by atoms with van der Waals surface area (Å²) in [4.78, 5) is 11.3. The van der Waals surface area contributed by atoms with Gasteiger partial charge in [0, 0.05) is 16.8 Å². The molecule has 0 amide bonds. The van der Waals surface area contributed by atoms with Crippen LogP contribution in [0, 0.1) is 0 Å². The van der Waals surface area contributed by atoms with E-state index < -0.39 is 15.6 Å². The molecule has 7 nitrogen and oxygen atoms in total. The number of aromatic nitrogens is 2. The first-order valence-electron chi connectivity index (χ1n) is 7.02. The summed E-state index contributed by atoms with van der Waals surface area (Å²) in [5.41, 5.74) is 1.01. The summed E-state index contributed by atoms with van der Waals surface area (Å²) < 4.78 is 32.9. The normalized spacial score (nSPS) is 11.8. The molecule has 0 radical (unpaired) electrons. The Morgan fingerprint density at radius 3 is 2.83 bits per heavy atom. The van der Waals surface area contributed by atoms with Crippen LogP contribution in [0.3, 0.4) is 0 Å². The fraction of sp³-hybridized carbons (Fsp3) is 0. The van der Waals surface area contributed by atoms with Crippen LogP contribution in [0.5, 0.6) is 0 Å². The molecule has 0 unspecified atom stereocenters. The zero-order valence-corrected chi connectivity index (χ0v) is 13.0. The Bertz CT molecular complexity index is 1220. The summed E-state index contributed by atoms with van der Waals surface area (Å²) >= 11 is 0. The fourth-order valence-corrected chi connectivity index (χ4v) is 3.59. The standard InChI is InChI=1S/C16H11N3O4S/c20-16-7-4-10-8-11(5-6-15(10)23-16)24(21,22)19-14-3-1-2-13-12(14)9-17-18-13/h1-9,19H,(H,17,18). The van der Waals surface area contributed by atoms with E-state index in [1.807, 2.05) is 0 Å². The van der Waals surface area contributed by atoms with Crippen LogP contribution in [0.2, 0.25) is 0 Å². The molecule has 0 bridgehead atoms. The van der Waals surface area contributed by atoms with Crippen LogP contribution in [0.15, 0.2) is 68.8 Å². The lowest BCUT2D eigenvalue weighted by Crippen LogP contribution is -2.13. The first-order chi connectivity index (χ1) is 11.5. The second-order valence-corrected chi connectivity index (χ2v) is 6.88. The molecule has 2 aromatic carbocycles. The zero-order valence-electron chi connectivity index (χ0n) is 12.2. The van der Waals surface area contributed by atoms with Gasteiger partial charge in [-0.05, 0) is 36.4 Å². The van der Waals surface area contributed by atoms with Crippen LogP contribution in [0.25, 0.3) is 21.9 Å². The number of nitrogens with zero attached hydrogens (tertiary/aromatic N) is 1. The Kier molecular flexibility index (Phi) is 3.14. The monoisotopic (exact) mass is 341 g/mol. The average Bonchev–Trinajstić information content (AvgIpc) is 3.04. The largest absolute Gasteiger partial charge is 0.423 e. The number of fused-ring (bicyclic) bond motifs is 2. The van der Waals surface area contributed by atoms with Gasteiger partial charge in [-0.3, -0.25) is 9.82 Å². The van der Waals surface area contributed by atoms with E-state index in [9.17, 15) is 13.2 Å². The number of hydrogen-bond donors (Lipinski definition) is 2. The maximum Gasteiger partial charge on any atom is 0.336 e. The van der Waals surface area contributed by atoms with Gasteiger partial charge in [0.2, 0.25) is 0 Å². The summed E-state index contributed by atoms with van der Waals surface area (Å²) in [7, 11) is -3.80. The molecular formula is C16H11N3O4S. The Hall–Kier alpha value is -3.13.